The van der Waals surface area contributed by atoms with E-state index in [4.69, 9.17) is 11.6 Å². The summed E-state index contributed by atoms with van der Waals surface area (Å²) in [6.07, 6.45) is 0. The summed E-state index contributed by atoms with van der Waals surface area (Å²) in [4.78, 5) is 22.6. The van der Waals surface area contributed by atoms with Gasteiger partial charge >= 0.3 is 0 Å². The SMILES string of the molecule is O=C(Nc1ccc(Br)cc1[N+](=O)[O-])c1ccc(Cl)cc1Br. The van der Waals surface area contributed by atoms with Crippen molar-refractivity contribution in [1.82, 2.24) is 0 Å². The molecule has 2 aromatic carbocycles. The number of amides is 1. The Bertz CT molecular complexity index is 737. The van der Waals surface area contributed by atoms with Gasteiger partial charge in [0.25, 0.3) is 11.6 Å². The smallest absolute Gasteiger partial charge is 0.293 e. The lowest BCUT2D eigenvalue weighted by molar-refractivity contribution is -0.384. The number of nitro benzene ring substituents is 1. The van der Waals surface area contributed by atoms with E-state index in [1.807, 2.05) is 0 Å². The number of hydrogen-bond acceptors (Lipinski definition) is 3. The summed E-state index contributed by atoms with van der Waals surface area (Å²) in [5.41, 5.74) is 0.259. The van der Waals surface area contributed by atoms with Gasteiger partial charge in [-0.05, 0) is 46.3 Å². The van der Waals surface area contributed by atoms with E-state index in [-0.39, 0.29) is 11.4 Å². The van der Waals surface area contributed by atoms with Gasteiger partial charge in [0.05, 0.1) is 10.5 Å². The first-order chi connectivity index (χ1) is 9.88. The highest BCUT2D eigenvalue weighted by Crippen LogP contribution is 2.29. The van der Waals surface area contributed by atoms with E-state index in [0.29, 0.717) is 19.5 Å². The molecule has 0 fully saturated rings. The molecule has 0 aliphatic rings. The Hall–Kier alpha value is -1.44. The number of nitrogens with zero attached hydrogens (tertiary/aromatic N) is 1. The number of nitro groups is 1. The molecule has 1 amide bonds. The van der Waals surface area contributed by atoms with Gasteiger partial charge in [-0.2, -0.15) is 0 Å². The van der Waals surface area contributed by atoms with Gasteiger partial charge in [0, 0.05) is 20.0 Å². The van der Waals surface area contributed by atoms with Gasteiger partial charge in [-0.1, -0.05) is 27.5 Å². The van der Waals surface area contributed by atoms with E-state index in [1.165, 1.54) is 18.2 Å². The van der Waals surface area contributed by atoms with Crippen LogP contribution in [0.1, 0.15) is 10.4 Å². The Morgan fingerprint density at radius 1 is 1.19 bits per heavy atom. The van der Waals surface area contributed by atoms with E-state index in [2.05, 4.69) is 37.2 Å². The Kier molecular flexibility index (Phi) is 4.97. The molecule has 0 atom stereocenters. The molecule has 0 aliphatic heterocycles. The van der Waals surface area contributed by atoms with Gasteiger partial charge in [0.1, 0.15) is 5.69 Å². The lowest BCUT2D eigenvalue weighted by atomic mass is 10.2. The zero-order valence-corrected chi connectivity index (χ0v) is 14.2. The van der Waals surface area contributed by atoms with Crippen LogP contribution >= 0.6 is 43.5 Å². The number of carbonyl (C=O) groups excluding carboxylic acids is 1. The zero-order valence-electron chi connectivity index (χ0n) is 10.3. The van der Waals surface area contributed by atoms with Crippen LogP contribution in [0.2, 0.25) is 5.02 Å². The highest BCUT2D eigenvalue weighted by atomic mass is 79.9. The summed E-state index contributed by atoms with van der Waals surface area (Å²) in [7, 11) is 0. The van der Waals surface area contributed by atoms with Crippen LogP contribution in [-0.4, -0.2) is 10.8 Å². The first-order valence-electron chi connectivity index (χ1n) is 5.59. The average molecular weight is 434 g/mol. The number of halogens is 3. The second-order valence-electron chi connectivity index (χ2n) is 4.00. The van der Waals surface area contributed by atoms with Gasteiger partial charge in [-0.25, -0.2) is 0 Å². The minimum Gasteiger partial charge on any atom is -0.316 e. The molecule has 0 unspecified atom stereocenters. The second-order valence-corrected chi connectivity index (χ2v) is 6.20. The fourth-order valence-electron chi connectivity index (χ4n) is 1.62. The summed E-state index contributed by atoms with van der Waals surface area (Å²) in [5.74, 6) is -0.469. The fourth-order valence-corrected chi connectivity index (χ4v) is 2.84. The van der Waals surface area contributed by atoms with Crippen molar-refractivity contribution >= 4 is 60.7 Å². The molecule has 0 bridgehead atoms. The molecule has 0 saturated heterocycles. The van der Waals surface area contributed by atoms with Gasteiger partial charge in [-0.3, -0.25) is 14.9 Å². The Balaban J connectivity index is 2.34. The highest BCUT2D eigenvalue weighted by molar-refractivity contribution is 9.10. The molecule has 8 heteroatoms. The Morgan fingerprint density at radius 2 is 1.90 bits per heavy atom. The van der Waals surface area contributed by atoms with Crippen LogP contribution in [0.5, 0.6) is 0 Å². The third kappa shape index (κ3) is 3.81. The van der Waals surface area contributed by atoms with E-state index in [1.54, 1.807) is 18.2 Å². The Labute approximate surface area is 141 Å². The van der Waals surface area contributed by atoms with Gasteiger partial charge in [0.2, 0.25) is 0 Å². The van der Waals surface area contributed by atoms with E-state index in [9.17, 15) is 14.9 Å². The van der Waals surface area contributed by atoms with Gasteiger partial charge in [0.15, 0.2) is 0 Å². The first-order valence-corrected chi connectivity index (χ1v) is 7.55. The molecule has 108 valence electrons. The lowest BCUT2D eigenvalue weighted by Gasteiger charge is -2.08. The maximum atomic E-state index is 12.2. The number of anilines is 1. The minimum absolute atomic E-state index is 0.120. The van der Waals surface area contributed by atoms with Crippen molar-refractivity contribution < 1.29 is 9.72 Å². The zero-order chi connectivity index (χ0) is 15.6. The molecule has 21 heavy (non-hydrogen) atoms. The standard InChI is InChI=1S/C13H7Br2ClN2O3/c14-7-1-4-11(12(5-7)18(20)21)17-13(19)9-3-2-8(16)6-10(9)15/h1-6H,(H,17,19). The number of rotatable bonds is 3. The largest absolute Gasteiger partial charge is 0.316 e. The number of nitrogens with one attached hydrogen (secondary N) is 1. The summed E-state index contributed by atoms with van der Waals surface area (Å²) in [6.45, 7) is 0. The number of carbonyl (C=O) groups is 1. The molecule has 0 spiro atoms. The summed E-state index contributed by atoms with van der Waals surface area (Å²) in [5, 5.41) is 14.0. The second kappa shape index (κ2) is 6.55. The molecular formula is C13H7Br2ClN2O3. The topological polar surface area (TPSA) is 72.2 Å². The van der Waals surface area contributed by atoms with Crippen LogP contribution in [0.25, 0.3) is 0 Å². The molecule has 1 N–H and O–H groups in total. The van der Waals surface area contributed by atoms with E-state index < -0.39 is 10.8 Å². The molecule has 0 radical (unpaired) electrons. The van der Waals surface area contributed by atoms with Crippen LogP contribution in [-0.2, 0) is 0 Å². The maximum Gasteiger partial charge on any atom is 0.293 e. The van der Waals surface area contributed by atoms with Crippen LogP contribution in [0.4, 0.5) is 11.4 Å². The molecule has 0 aromatic heterocycles. The Morgan fingerprint density at radius 3 is 2.52 bits per heavy atom. The van der Waals surface area contributed by atoms with Crippen LogP contribution in [0.3, 0.4) is 0 Å². The van der Waals surface area contributed by atoms with Crippen LogP contribution < -0.4 is 5.32 Å². The van der Waals surface area contributed by atoms with E-state index >= 15 is 0 Å². The molecule has 5 nitrogen and oxygen atoms in total. The fraction of sp³-hybridized carbons (Fsp3) is 0. The molecule has 0 saturated carbocycles. The van der Waals surface area contributed by atoms with Crippen molar-refractivity contribution in [1.29, 1.82) is 0 Å². The number of hydrogen-bond donors (Lipinski definition) is 1. The quantitative estimate of drug-likeness (QED) is 0.544. The van der Waals surface area contributed by atoms with Crippen LogP contribution in [0.15, 0.2) is 45.3 Å². The van der Waals surface area contributed by atoms with Crippen molar-refractivity contribution in [3.05, 3.63) is 66.0 Å². The van der Waals surface area contributed by atoms with Crippen molar-refractivity contribution in [2.24, 2.45) is 0 Å². The van der Waals surface area contributed by atoms with Gasteiger partial charge in [-0.15, -0.1) is 0 Å². The first kappa shape index (κ1) is 15.9. The maximum absolute atomic E-state index is 12.2. The lowest BCUT2D eigenvalue weighted by Crippen LogP contribution is -2.13. The monoisotopic (exact) mass is 432 g/mol. The van der Waals surface area contributed by atoms with E-state index in [0.717, 1.165) is 0 Å². The number of benzene rings is 2. The molecule has 0 aliphatic carbocycles. The normalized spacial score (nSPS) is 10.2. The summed E-state index contributed by atoms with van der Waals surface area (Å²) >= 11 is 12.2. The predicted octanol–water partition coefficient (Wildman–Crippen LogP) is 5.03. The third-order valence-corrected chi connectivity index (χ3v) is 3.96. The van der Waals surface area contributed by atoms with Crippen molar-refractivity contribution in [2.75, 3.05) is 5.32 Å². The molecule has 2 aromatic rings. The highest BCUT2D eigenvalue weighted by Gasteiger charge is 2.18. The van der Waals surface area contributed by atoms with Crippen LogP contribution in [0, 0.1) is 10.1 Å². The third-order valence-electron chi connectivity index (χ3n) is 2.58. The minimum atomic E-state index is -0.558. The summed E-state index contributed by atoms with van der Waals surface area (Å²) < 4.78 is 1.06. The summed E-state index contributed by atoms with van der Waals surface area (Å²) in [6, 6.07) is 9.08. The van der Waals surface area contributed by atoms with Crippen molar-refractivity contribution in [3.8, 4) is 0 Å². The molecular weight excluding hydrogens is 427 g/mol. The van der Waals surface area contributed by atoms with Gasteiger partial charge < -0.3 is 5.32 Å². The average Bonchev–Trinajstić information content (AvgIpc) is 2.40. The molecule has 0 heterocycles. The molecule has 2 rings (SSSR count). The predicted molar refractivity (Wildman–Crippen MR) is 87.9 cm³/mol. The van der Waals surface area contributed by atoms with Crippen molar-refractivity contribution in [2.45, 2.75) is 0 Å². The van der Waals surface area contributed by atoms with Crippen molar-refractivity contribution in [3.63, 3.8) is 0 Å².